The highest BCUT2D eigenvalue weighted by atomic mass is 16.3. The molecular formula is C14H22O. The summed E-state index contributed by atoms with van der Waals surface area (Å²) in [4.78, 5) is 0. The smallest absolute Gasteiger partial charge is 0.119 e. The Morgan fingerprint density at radius 2 is 1.80 bits per heavy atom. The Labute approximate surface area is 103 Å². The van der Waals surface area contributed by atoms with E-state index in [0.717, 1.165) is 6.92 Å². The predicted octanol–water partition coefficient (Wildman–Crippen LogP) is 3.99. The summed E-state index contributed by atoms with van der Waals surface area (Å²) in [6.07, 6.45) is 0. The molecule has 0 fully saturated rings. The van der Waals surface area contributed by atoms with Crippen LogP contribution in [0.1, 0.15) is 62.1 Å². The van der Waals surface area contributed by atoms with Crippen LogP contribution in [-0.2, 0) is 10.8 Å². The molecule has 0 saturated carbocycles. The number of benzene rings is 1. The van der Waals surface area contributed by atoms with Gasteiger partial charge in [-0.25, -0.2) is 0 Å². The second-order valence-corrected chi connectivity index (χ2v) is 5.03. The molecule has 0 atom stereocenters. The Balaban J connectivity index is 3.82. The molecule has 0 spiro atoms. The lowest BCUT2D eigenvalue weighted by Gasteiger charge is -2.25. The number of phenolic OH excluding ortho intramolecular Hbond substituents is 1. The number of rotatable bonds is 0. The fraction of sp³-hybridized carbons (Fsp3) is 0.571. The maximum absolute atomic E-state index is 10.2. The first-order valence-electron chi connectivity index (χ1n) is 8.38. The van der Waals surface area contributed by atoms with Gasteiger partial charge in [0.05, 0.1) is 1.37 Å². The molecule has 0 aliphatic heterocycles. The third-order valence-corrected chi connectivity index (χ3v) is 2.32. The number of hydrogen-bond donors (Lipinski definition) is 1. The normalized spacial score (nSPS) is 21.5. The van der Waals surface area contributed by atoms with Crippen molar-refractivity contribution in [1.29, 1.82) is 0 Å². The van der Waals surface area contributed by atoms with E-state index in [1.165, 1.54) is 12.1 Å². The number of hydrogen-bond acceptors (Lipinski definition) is 1. The first-order valence-corrected chi connectivity index (χ1v) is 4.88. The summed E-state index contributed by atoms with van der Waals surface area (Å²) in [6.45, 7) is 0.963. The first kappa shape index (κ1) is 5.38. The molecule has 1 aromatic carbocycles. The van der Waals surface area contributed by atoms with Crippen LogP contribution in [0.15, 0.2) is 18.2 Å². The lowest BCUT2D eigenvalue weighted by atomic mass is 9.80. The van der Waals surface area contributed by atoms with Crippen molar-refractivity contribution in [2.75, 3.05) is 0 Å². The van der Waals surface area contributed by atoms with Gasteiger partial charge in [-0.05, 0) is 28.0 Å². The van der Waals surface area contributed by atoms with E-state index < -0.39 is 30.3 Å². The molecule has 84 valence electrons. The summed E-state index contributed by atoms with van der Waals surface area (Å²) < 4.78 is 53.9. The molecule has 0 aromatic heterocycles. The molecule has 1 rings (SSSR count). The molecule has 0 bridgehead atoms. The highest BCUT2D eigenvalue weighted by molar-refractivity contribution is 5.42. The molecule has 15 heavy (non-hydrogen) atoms. The van der Waals surface area contributed by atoms with E-state index >= 15 is 0 Å². The highest BCUT2D eigenvalue weighted by Crippen LogP contribution is 2.34. The van der Waals surface area contributed by atoms with Crippen molar-refractivity contribution in [1.82, 2.24) is 0 Å². The Hall–Kier alpha value is -0.980. The molecule has 1 N–H and O–H groups in total. The lowest BCUT2D eigenvalue weighted by molar-refractivity contribution is 0.444. The van der Waals surface area contributed by atoms with Crippen LogP contribution >= 0.6 is 0 Å². The van der Waals surface area contributed by atoms with Crippen molar-refractivity contribution in [2.45, 2.75) is 52.2 Å². The van der Waals surface area contributed by atoms with Crippen LogP contribution in [0.2, 0.25) is 0 Å². The first-order chi connectivity index (χ1) is 9.53. The van der Waals surface area contributed by atoms with Crippen molar-refractivity contribution in [3.8, 4) is 5.75 Å². The van der Waals surface area contributed by atoms with Crippen molar-refractivity contribution >= 4 is 0 Å². The molecule has 1 heteroatoms. The van der Waals surface area contributed by atoms with Gasteiger partial charge in [-0.3, -0.25) is 0 Å². The minimum Gasteiger partial charge on any atom is -0.508 e. The van der Waals surface area contributed by atoms with Crippen molar-refractivity contribution in [2.24, 2.45) is 0 Å². The fourth-order valence-electron chi connectivity index (χ4n) is 1.30. The molecule has 0 amide bonds. The van der Waals surface area contributed by atoms with Gasteiger partial charge in [0.2, 0.25) is 0 Å². The van der Waals surface area contributed by atoms with Crippen LogP contribution in [0.3, 0.4) is 0 Å². The summed E-state index contributed by atoms with van der Waals surface area (Å²) in [6, 6.07) is 2.55. The molecule has 0 saturated heterocycles. The minimum absolute atomic E-state index is 0.232. The standard InChI is InChI=1S/C14H22O/c1-13(2,3)10-7-8-12(15)11(9-10)14(4,5)6/h7-9,15H,1-6H3/i4D3,5D3,8D. The van der Waals surface area contributed by atoms with E-state index in [2.05, 4.69) is 0 Å². The van der Waals surface area contributed by atoms with Crippen molar-refractivity contribution < 1.29 is 14.7 Å². The second kappa shape index (κ2) is 3.55. The minimum atomic E-state index is -2.86. The Morgan fingerprint density at radius 1 is 1.20 bits per heavy atom. The maximum Gasteiger partial charge on any atom is 0.119 e. The Morgan fingerprint density at radius 3 is 2.27 bits per heavy atom. The zero-order valence-electron chi connectivity index (χ0n) is 16.6. The van der Waals surface area contributed by atoms with Crippen molar-refractivity contribution in [3.63, 3.8) is 0 Å². The summed E-state index contributed by atoms with van der Waals surface area (Å²) in [5.41, 5.74) is -2.31. The molecule has 0 radical (unpaired) electrons. The van der Waals surface area contributed by atoms with Gasteiger partial charge in [-0.2, -0.15) is 0 Å². The van der Waals surface area contributed by atoms with Gasteiger partial charge in [0.1, 0.15) is 5.75 Å². The monoisotopic (exact) mass is 213 g/mol. The van der Waals surface area contributed by atoms with Gasteiger partial charge in [0.15, 0.2) is 0 Å². The van der Waals surface area contributed by atoms with E-state index in [4.69, 9.17) is 9.60 Å². The fourth-order valence-corrected chi connectivity index (χ4v) is 1.30. The van der Waals surface area contributed by atoms with Gasteiger partial charge < -0.3 is 5.11 Å². The molecular weight excluding hydrogens is 184 g/mol. The van der Waals surface area contributed by atoms with Gasteiger partial charge in [-0.15, -0.1) is 0 Å². The van der Waals surface area contributed by atoms with E-state index in [0.29, 0.717) is 5.56 Å². The molecule has 1 aromatic rings. The van der Waals surface area contributed by atoms with E-state index in [1.54, 1.807) is 0 Å². The molecule has 1 nitrogen and oxygen atoms in total. The summed E-state index contributed by atoms with van der Waals surface area (Å²) in [5.74, 6) is -0.595. The van der Waals surface area contributed by atoms with Gasteiger partial charge in [-0.1, -0.05) is 53.5 Å². The third kappa shape index (κ3) is 2.74. The molecule has 0 aliphatic carbocycles. The van der Waals surface area contributed by atoms with Crippen molar-refractivity contribution in [3.05, 3.63) is 29.3 Å². The molecule has 0 aliphatic rings. The van der Waals surface area contributed by atoms with E-state index in [-0.39, 0.29) is 11.6 Å². The van der Waals surface area contributed by atoms with Gasteiger partial charge >= 0.3 is 0 Å². The van der Waals surface area contributed by atoms with Crippen LogP contribution in [0, 0.1) is 0 Å². The van der Waals surface area contributed by atoms with Gasteiger partial charge in [0.25, 0.3) is 0 Å². The second-order valence-electron chi connectivity index (χ2n) is 5.03. The maximum atomic E-state index is 10.2. The average Bonchev–Trinajstić information content (AvgIpc) is 2.27. The zero-order chi connectivity index (χ0) is 17.7. The SMILES string of the molecule is [2H]c1cc(C(C)(C)C)cc(C(C)(C([2H])([2H])[2H])C([2H])([2H])[2H])c1O. The topological polar surface area (TPSA) is 20.2 Å². The van der Waals surface area contributed by atoms with Crippen LogP contribution in [0.4, 0.5) is 0 Å². The summed E-state index contributed by atoms with van der Waals surface area (Å²) >= 11 is 0. The van der Waals surface area contributed by atoms with Crippen LogP contribution in [0.25, 0.3) is 0 Å². The largest absolute Gasteiger partial charge is 0.508 e. The highest BCUT2D eigenvalue weighted by Gasteiger charge is 2.21. The summed E-state index contributed by atoms with van der Waals surface area (Å²) in [7, 11) is 0. The van der Waals surface area contributed by atoms with E-state index in [9.17, 15) is 5.11 Å². The quantitative estimate of drug-likeness (QED) is 0.691. The summed E-state index contributed by atoms with van der Waals surface area (Å²) in [5, 5.41) is 10.2. The van der Waals surface area contributed by atoms with Gasteiger partial charge in [0, 0.05) is 8.22 Å². The Bertz CT molecular complexity index is 550. The average molecular weight is 213 g/mol. The van der Waals surface area contributed by atoms with Crippen LogP contribution < -0.4 is 0 Å². The number of aromatic hydroxyl groups is 1. The Kier molecular flexibility index (Phi) is 1.27. The zero-order valence-corrected chi connectivity index (χ0v) is 9.60. The molecule has 0 heterocycles. The van der Waals surface area contributed by atoms with Crippen LogP contribution in [-0.4, -0.2) is 5.11 Å². The third-order valence-electron chi connectivity index (χ3n) is 2.32. The number of phenols is 1. The lowest BCUT2D eigenvalue weighted by Crippen LogP contribution is -2.16. The predicted molar refractivity (Wildman–Crippen MR) is 65.5 cm³/mol. The van der Waals surface area contributed by atoms with E-state index in [1.807, 2.05) is 20.8 Å². The molecule has 0 unspecified atom stereocenters. The van der Waals surface area contributed by atoms with Crippen LogP contribution in [0.5, 0.6) is 5.75 Å².